The fourth-order valence-electron chi connectivity index (χ4n) is 11.4. The first-order valence-electron chi connectivity index (χ1n) is 32.8. The number of aromatic nitrogens is 2. The van der Waals surface area contributed by atoms with Gasteiger partial charge in [0, 0.05) is 88.3 Å². The molecule has 33 nitrogen and oxygen atoms in total. The van der Waals surface area contributed by atoms with Crippen molar-refractivity contribution < 1.29 is 107 Å². The lowest BCUT2D eigenvalue weighted by atomic mass is 9.98. The molecular weight excluding hydrogens is 1350 g/mol. The van der Waals surface area contributed by atoms with Crippen LogP contribution >= 0.6 is 23.7 Å². The summed E-state index contributed by atoms with van der Waals surface area (Å²) in [6.45, 7) is 7.47. The number of phenolic OH excluding ortho intramolecular Hbond substituents is 1. The number of phenols is 1. The molecule has 3 aliphatic rings. The summed E-state index contributed by atoms with van der Waals surface area (Å²) >= 11 is 1.36. The average Bonchev–Trinajstić information content (AvgIpc) is 1.62. The first-order valence-corrected chi connectivity index (χ1v) is 34.3. The van der Waals surface area contributed by atoms with Crippen LogP contribution in [0.2, 0.25) is 0 Å². The number of nitrogens with zero attached hydrogens (tertiary/aromatic N) is 4. The maximum absolute atomic E-state index is 15.1. The molecule has 550 valence electrons. The molecule has 0 bridgehead atoms. The van der Waals surface area contributed by atoms with E-state index in [0.717, 1.165) is 67.1 Å². The fraction of sp³-hybridized carbons (Fsp3) is 0.569. The summed E-state index contributed by atoms with van der Waals surface area (Å²) in [7, 11) is 1.69. The molecule has 0 spiro atoms. The second-order valence-electron chi connectivity index (χ2n) is 25.7. The third-order valence-corrected chi connectivity index (χ3v) is 18.0. The maximum Gasteiger partial charge on any atom is 0.407 e. The van der Waals surface area contributed by atoms with Crippen LogP contribution in [0.15, 0.2) is 66.7 Å². The number of ether oxygens (including phenoxy) is 3. The third-order valence-electron chi connectivity index (χ3n) is 16.7. The molecule has 7 rings (SSSR count). The summed E-state index contributed by atoms with van der Waals surface area (Å²) in [6.07, 6.45) is -8.02. The molecule has 3 fully saturated rings. The zero-order valence-electron chi connectivity index (χ0n) is 56.3. The van der Waals surface area contributed by atoms with Crippen LogP contribution in [0.25, 0.3) is 21.1 Å². The lowest BCUT2D eigenvalue weighted by Gasteiger charge is -2.34. The number of amides is 8. The van der Waals surface area contributed by atoms with Crippen LogP contribution in [0.5, 0.6) is 17.2 Å². The Labute approximate surface area is 585 Å². The van der Waals surface area contributed by atoms with Gasteiger partial charge in [-0.15, -0.1) is 10.2 Å². The molecule has 3 aliphatic heterocycles. The van der Waals surface area contributed by atoms with Crippen molar-refractivity contribution in [3.05, 3.63) is 77.9 Å². The minimum absolute atomic E-state index is 0.00905. The average molecular weight is 1440 g/mol. The van der Waals surface area contributed by atoms with Crippen LogP contribution in [0.4, 0.5) is 4.79 Å². The van der Waals surface area contributed by atoms with Crippen molar-refractivity contribution in [2.45, 2.75) is 171 Å². The first-order chi connectivity index (χ1) is 47.7. The number of unbranched alkanes of at least 4 members (excludes halogenated alkanes) is 4. The molecule has 4 heterocycles. The number of aliphatic hydroxyl groups is 6. The van der Waals surface area contributed by atoms with E-state index in [2.05, 4.69) is 56.8 Å². The number of carbonyl (C=O) groups excluding carboxylic acids is 8. The Bertz CT molecular complexity index is 3370. The summed E-state index contributed by atoms with van der Waals surface area (Å²) in [5.74, 6) is -8.83. The van der Waals surface area contributed by atoms with Gasteiger partial charge >= 0.3 is 6.09 Å². The summed E-state index contributed by atoms with van der Waals surface area (Å²) in [6, 6.07) is 5.74. The number of hydrogen-bond donors (Lipinski definition) is 15. The lowest BCUT2D eigenvalue weighted by molar-refractivity contribution is -0.433. The van der Waals surface area contributed by atoms with Gasteiger partial charge in [-0.25, -0.2) is 10.1 Å². The number of alkyl carbamates (subject to hydrolysis) is 1. The van der Waals surface area contributed by atoms with Gasteiger partial charge in [-0.2, -0.15) is 0 Å². The Morgan fingerprint density at radius 1 is 0.740 bits per heavy atom. The maximum atomic E-state index is 15.1. The number of hydrogen-bond acceptors (Lipinski definition) is 27. The molecule has 4 aromatic rings. The molecule has 15 N–H and O–H groups in total. The number of rotatable bonds is 28. The standard InChI is InChI=1S/C65H91N11O22S2/c1-35-33-76-53(54(35)83)59(88)68-32-41(78)30-44(69-55(84)38-13-15-39(16-14-38)60-73-74-61(99-60)40-17-19-43(20-18-40)94-27-11-9-7-8-10-26-93-6)56(85)70-50(36(2)77)62(89)75-34-42(79)31-45(75)57(86)71-51(48(82)28-37-12-21-46(80)49(29-37)96-100-98-97-92)58(87)72-52(63(76)90)47(81)22-23-66-24-25-67-64(91)95-65(3,4)5/h12-21,29,35-36,41-42,44-45,47-48,50-54,66,77-83,92H,7-11,22-28,30-34H2,1-6H3,(H,67,91)(H,68,88)(H,69,84)(H,70,85)(H,71,86)(H,72,87)/t35-,36+,41+,42+,44+,45+,47-,48-,50+,51+,52+,53+,54+/m1/s1. The Hall–Kier alpha value is -7.91. The summed E-state index contributed by atoms with van der Waals surface area (Å²) in [5, 5.41) is 120. The van der Waals surface area contributed by atoms with Crippen molar-refractivity contribution in [1.82, 2.24) is 57.2 Å². The smallest absolute Gasteiger partial charge is 0.407 e. The lowest BCUT2D eigenvalue weighted by Crippen LogP contribution is -2.64. The minimum atomic E-state index is -2.15. The largest absolute Gasteiger partial charge is 0.504 e. The van der Waals surface area contributed by atoms with Gasteiger partial charge in [-0.05, 0) is 108 Å². The zero-order chi connectivity index (χ0) is 72.8. The summed E-state index contributed by atoms with van der Waals surface area (Å²) in [4.78, 5) is 117. The molecule has 0 radical (unpaired) electrons. The van der Waals surface area contributed by atoms with Crippen molar-refractivity contribution in [1.29, 1.82) is 0 Å². The van der Waals surface area contributed by atoms with Crippen molar-refractivity contribution in [2.75, 3.05) is 59.6 Å². The highest BCUT2D eigenvalue weighted by molar-refractivity contribution is 7.90. The Morgan fingerprint density at radius 2 is 1.38 bits per heavy atom. The van der Waals surface area contributed by atoms with E-state index in [4.69, 9.17) is 23.7 Å². The normalized spacial score (nSPS) is 23.7. The van der Waals surface area contributed by atoms with Crippen molar-refractivity contribution in [2.24, 2.45) is 5.92 Å². The molecule has 100 heavy (non-hydrogen) atoms. The minimum Gasteiger partial charge on any atom is -0.504 e. The molecule has 1 aromatic heterocycles. The summed E-state index contributed by atoms with van der Waals surface area (Å²) in [5.41, 5.74) is 0.709. The number of nitrogens with one attached hydrogen (secondary N) is 7. The van der Waals surface area contributed by atoms with E-state index in [1.54, 1.807) is 40.0 Å². The van der Waals surface area contributed by atoms with E-state index in [0.29, 0.717) is 27.9 Å². The van der Waals surface area contributed by atoms with Gasteiger partial charge in [0.1, 0.15) is 57.6 Å². The highest BCUT2D eigenvalue weighted by Gasteiger charge is 2.50. The highest BCUT2D eigenvalue weighted by Crippen LogP contribution is 2.34. The van der Waals surface area contributed by atoms with Crippen LogP contribution in [-0.4, -0.2) is 247 Å². The second-order valence-corrected chi connectivity index (χ2v) is 27.1. The van der Waals surface area contributed by atoms with Crippen molar-refractivity contribution in [3.8, 4) is 38.4 Å². The Kier molecular flexibility index (Phi) is 30.3. The molecule has 3 saturated heterocycles. The van der Waals surface area contributed by atoms with E-state index in [1.165, 1.54) is 42.5 Å². The van der Waals surface area contributed by atoms with Crippen LogP contribution in [0, 0.1) is 5.92 Å². The molecule has 35 heteroatoms. The van der Waals surface area contributed by atoms with Crippen LogP contribution in [-0.2, 0) is 54.0 Å². The number of benzene rings is 3. The van der Waals surface area contributed by atoms with E-state index in [9.17, 15) is 69.3 Å². The number of β-amino-alcohol motifs (C(OH)–C–C–N with tert-alkyl or cyclic N) is 1. The molecule has 3 aromatic carbocycles. The quantitative estimate of drug-likeness (QED) is 0.0158. The highest BCUT2D eigenvalue weighted by atomic mass is 32.2. The van der Waals surface area contributed by atoms with Gasteiger partial charge in [0.2, 0.25) is 35.4 Å². The van der Waals surface area contributed by atoms with Gasteiger partial charge in [0.05, 0.1) is 43.2 Å². The third kappa shape index (κ3) is 23.1. The van der Waals surface area contributed by atoms with Crippen LogP contribution in [0.3, 0.4) is 0 Å². The van der Waals surface area contributed by atoms with E-state index >= 15 is 4.79 Å². The predicted octanol–water partition coefficient (Wildman–Crippen LogP) is 0.370. The number of aliphatic hydroxyl groups excluding tert-OH is 6. The van der Waals surface area contributed by atoms with Crippen molar-refractivity contribution in [3.63, 3.8) is 0 Å². The predicted molar refractivity (Wildman–Crippen MR) is 359 cm³/mol. The summed E-state index contributed by atoms with van der Waals surface area (Å²) < 4.78 is 25.7. The molecule has 0 saturated carbocycles. The fourth-order valence-corrected chi connectivity index (χ4v) is 12.5. The number of aromatic hydroxyl groups is 1. The van der Waals surface area contributed by atoms with Gasteiger partial charge in [-0.3, -0.25) is 33.6 Å². The molecule has 0 aliphatic carbocycles. The number of methoxy groups -OCH3 is 1. The van der Waals surface area contributed by atoms with Crippen molar-refractivity contribution >= 4 is 71.1 Å². The molecule has 8 amide bonds. The molecule has 13 atom stereocenters. The number of carbonyl (C=O) groups is 8. The first kappa shape index (κ1) is 79.4. The second kappa shape index (κ2) is 38.2. The van der Waals surface area contributed by atoms with Gasteiger partial charge in [0.15, 0.2) is 11.5 Å². The number of fused-ring (bicyclic) bond motifs is 2. The zero-order valence-corrected chi connectivity index (χ0v) is 57.9. The topological polar surface area (TPSA) is 470 Å². The monoisotopic (exact) mass is 1440 g/mol. The van der Waals surface area contributed by atoms with Crippen LogP contribution < -0.4 is 46.1 Å². The van der Waals surface area contributed by atoms with Gasteiger partial charge in [-0.1, -0.05) is 65.1 Å². The molecular formula is C65H91N11O22S2. The Morgan fingerprint density at radius 3 is 2.04 bits per heavy atom. The van der Waals surface area contributed by atoms with Gasteiger partial charge in [0.25, 0.3) is 18.2 Å². The molecule has 0 unspecified atom stereocenters. The van der Waals surface area contributed by atoms with E-state index in [1.807, 2.05) is 24.3 Å². The van der Waals surface area contributed by atoms with Gasteiger partial charge < -0.3 is 101 Å². The SMILES string of the molecule is COCCCCCCCOc1ccc(-c2nnc(-c3ccc(C(=O)N[C@H]4C[C@H](O)CNC(=O)[C@@H]5[C@@H](O)[C@H](C)CN5C(=O)[C@H]([C@H](O)CCNCCNC(=O)OC(C)(C)C)NC(=O)[C@H]([C@H](O)Cc5ccc(O)c(OSOOO)c5)NC(=O)[C@@H]5C[C@H](O)CN5C(=O)[C@H]([C@H](C)O)NC4=O)cc3)s2)cc1. The Balaban J connectivity index is 1.16. The van der Waals surface area contributed by atoms with Crippen LogP contribution in [0.1, 0.15) is 102 Å². The van der Waals surface area contributed by atoms with E-state index < -0.39 is 170 Å². The van der Waals surface area contributed by atoms with E-state index in [-0.39, 0.29) is 61.8 Å².